The van der Waals surface area contributed by atoms with Crippen LogP contribution in [0.3, 0.4) is 0 Å². The minimum atomic E-state index is -1.36. The molecule has 154 valence electrons. The highest BCUT2D eigenvalue weighted by Gasteiger charge is 2.25. The van der Waals surface area contributed by atoms with Gasteiger partial charge in [-0.15, -0.1) is 0 Å². The van der Waals surface area contributed by atoms with Gasteiger partial charge in [0.2, 0.25) is 0 Å². The van der Waals surface area contributed by atoms with E-state index in [-0.39, 0.29) is 0 Å². The Morgan fingerprint density at radius 3 is 1.45 bits per heavy atom. The van der Waals surface area contributed by atoms with E-state index in [1.807, 2.05) is 0 Å². The smallest absolute Gasteiger partial charge is 0.00210 e. The lowest BCUT2D eigenvalue weighted by Crippen LogP contribution is -2.01. The van der Waals surface area contributed by atoms with Crippen molar-refractivity contribution in [1.29, 1.82) is 0 Å². The summed E-state index contributed by atoms with van der Waals surface area (Å²) in [6.07, 6.45) is 6.58. The fraction of sp³-hybridized carbons (Fsp3) is 0.0667. The van der Waals surface area contributed by atoms with Crippen LogP contribution in [0, 0.1) is 0 Å². The fourth-order valence-electron chi connectivity index (χ4n) is 3.86. The van der Waals surface area contributed by atoms with Crippen LogP contribution >= 0.6 is 10.0 Å². The molecule has 0 nitrogen and oxygen atoms in total. The van der Waals surface area contributed by atoms with Crippen LogP contribution in [0.25, 0.3) is 22.3 Å². The van der Waals surface area contributed by atoms with Gasteiger partial charge >= 0.3 is 0 Å². The second-order valence-electron chi connectivity index (χ2n) is 7.67. The number of hydrogen-bond donors (Lipinski definition) is 0. The second-order valence-corrected chi connectivity index (χ2v) is 11.0. The molecule has 0 heterocycles. The first-order valence-corrected chi connectivity index (χ1v) is 12.6. The Kier molecular flexibility index (Phi) is 6.25. The van der Waals surface area contributed by atoms with Crippen molar-refractivity contribution in [3.05, 3.63) is 133 Å². The van der Waals surface area contributed by atoms with E-state index in [9.17, 15) is 0 Å². The van der Waals surface area contributed by atoms with E-state index in [2.05, 4.69) is 141 Å². The van der Waals surface area contributed by atoms with Crippen LogP contribution in [0.4, 0.5) is 0 Å². The van der Waals surface area contributed by atoms with Gasteiger partial charge in [-0.1, -0.05) is 104 Å². The number of allylic oxidation sites excluding steroid dienone is 2. The quantitative estimate of drug-likeness (QED) is 0.273. The molecule has 1 unspecified atom stereocenters. The molecule has 4 aromatic carbocycles. The van der Waals surface area contributed by atoms with E-state index < -0.39 is 10.0 Å². The average Bonchev–Trinajstić information content (AvgIpc) is 2.85. The van der Waals surface area contributed by atoms with E-state index >= 15 is 0 Å². The molecule has 0 aliphatic rings. The maximum Gasteiger partial charge on any atom is -0.00210 e. The van der Waals surface area contributed by atoms with Gasteiger partial charge in [0.15, 0.2) is 0 Å². The van der Waals surface area contributed by atoms with Crippen molar-refractivity contribution < 1.29 is 0 Å². The summed E-state index contributed by atoms with van der Waals surface area (Å²) < 4.78 is 0. The average molecular weight is 421 g/mol. The molecule has 0 amide bonds. The summed E-state index contributed by atoms with van der Waals surface area (Å²) in [6.45, 7) is 6.49. The van der Waals surface area contributed by atoms with Gasteiger partial charge in [-0.05, 0) is 74.4 Å². The normalized spacial score (nSPS) is 14.1. The van der Waals surface area contributed by atoms with Crippen molar-refractivity contribution in [2.75, 3.05) is 6.26 Å². The standard InChI is InChI=1S/C30H28S/c1-4-11-24(2)31(3,29-14-9-6-10-15-29)30-22-20-28(21-23-30)27-18-16-26(17-19-27)25-12-7-5-8-13-25/h4-23H,2H2,1,3H3/b11-4-. The van der Waals surface area contributed by atoms with Crippen LogP contribution in [0.1, 0.15) is 6.92 Å². The molecule has 31 heavy (non-hydrogen) atoms. The monoisotopic (exact) mass is 420 g/mol. The molecule has 0 saturated heterocycles. The lowest BCUT2D eigenvalue weighted by Gasteiger charge is -2.38. The van der Waals surface area contributed by atoms with Crippen LogP contribution in [0.15, 0.2) is 143 Å². The van der Waals surface area contributed by atoms with Gasteiger partial charge in [0.25, 0.3) is 0 Å². The summed E-state index contributed by atoms with van der Waals surface area (Å²) in [7, 11) is -1.36. The Morgan fingerprint density at radius 1 is 0.581 bits per heavy atom. The van der Waals surface area contributed by atoms with E-state index in [1.54, 1.807) is 0 Å². The molecule has 0 bridgehead atoms. The summed E-state index contributed by atoms with van der Waals surface area (Å²) in [5, 5.41) is 0. The predicted octanol–water partition coefficient (Wildman–Crippen LogP) is 8.96. The topological polar surface area (TPSA) is 0 Å². The van der Waals surface area contributed by atoms with Crippen molar-refractivity contribution in [3.63, 3.8) is 0 Å². The molecule has 4 aromatic rings. The Bertz CT molecular complexity index is 1170. The van der Waals surface area contributed by atoms with Crippen LogP contribution in [0.5, 0.6) is 0 Å². The Hall–Kier alpha value is -3.29. The Morgan fingerprint density at radius 2 is 0.968 bits per heavy atom. The zero-order valence-corrected chi connectivity index (χ0v) is 19.0. The van der Waals surface area contributed by atoms with E-state index in [1.165, 1.54) is 36.9 Å². The van der Waals surface area contributed by atoms with Crippen LogP contribution in [-0.4, -0.2) is 6.26 Å². The number of benzene rings is 4. The van der Waals surface area contributed by atoms with E-state index in [0.717, 1.165) is 0 Å². The van der Waals surface area contributed by atoms with Crippen molar-refractivity contribution in [3.8, 4) is 22.3 Å². The Balaban J connectivity index is 1.67. The largest absolute Gasteiger partial charge is 0.164 e. The summed E-state index contributed by atoms with van der Waals surface area (Å²) in [4.78, 5) is 3.82. The highest BCUT2D eigenvalue weighted by molar-refractivity contribution is 8.36. The first-order chi connectivity index (χ1) is 15.1. The first kappa shape index (κ1) is 21.0. The molecule has 0 spiro atoms. The van der Waals surface area contributed by atoms with Crippen molar-refractivity contribution in [2.24, 2.45) is 0 Å². The third-order valence-electron chi connectivity index (χ3n) is 5.74. The summed E-state index contributed by atoms with van der Waals surface area (Å²) in [5.74, 6) is 0. The highest BCUT2D eigenvalue weighted by Crippen LogP contribution is 2.65. The van der Waals surface area contributed by atoms with Crippen molar-refractivity contribution in [1.82, 2.24) is 0 Å². The summed E-state index contributed by atoms with van der Waals surface area (Å²) in [5.41, 5.74) is 4.95. The van der Waals surface area contributed by atoms with E-state index in [0.29, 0.717) is 0 Å². The third-order valence-corrected chi connectivity index (χ3v) is 9.36. The molecule has 0 aliphatic heterocycles. The fourth-order valence-corrected chi connectivity index (χ4v) is 6.53. The molecule has 1 atom stereocenters. The second kappa shape index (κ2) is 9.24. The number of hydrogen-bond acceptors (Lipinski definition) is 0. The SMILES string of the molecule is C=C(/C=C\C)S(C)(c1ccccc1)c1ccc(-c2ccc(-c3ccccc3)cc2)cc1. The summed E-state index contributed by atoms with van der Waals surface area (Å²) >= 11 is 0. The molecule has 1 heteroatoms. The van der Waals surface area contributed by atoms with Gasteiger partial charge in [-0.3, -0.25) is 0 Å². The van der Waals surface area contributed by atoms with Gasteiger partial charge in [0.05, 0.1) is 0 Å². The van der Waals surface area contributed by atoms with Gasteiger partial charge < -0.3 is 0 Å². The Labute approximate surface area is 187 Å². The van der Waals surface area contributed by atoms with Gasteiger partial charge in [0.1, 0.15) is 0 Å². The molecule has 4 rings (SSSR count). The van der Waals surface area contributed by atoms with Crippen molar-refractivity contribution >= 4 is 10.0 Å². The zero-order valence-electron chi connectivity index (χ0n) is 18.2. The molecule has 0 radical (unpaired) electrons. The molecule has 0 aromatic heterocycles. The van der Waals surface area contributed by atoms with Gasteiger partial charge in [-0.2, -0.15) is 10.0 Å². The maximum atomic E-state index is 4.44. The molecular weight excluding hydrogens is 392 g/mol. The zero-order chi connectivity index (χ0) is 21.7. The third kappa shape index (κ3) is 4.28. The van der Waals surface area contributed by atoms with Gasteiger partial charge in [0, 0.05) is 0 Å². The molecule has 0 aliphatic carbocycles. The molecule has 0 saturated carbocycles. The number of rotatable bonds is 6. The predicted molar refractivity (Wildman–Crippen MR) is 138 cm³/mol. The van der Waals surface area contributed by atoms with Crippen LogP contribution in [0.2, 0.25) is 0 Å². The molecule has 0 fully saturated rings. The van der Waals surface area contributed by atoms with Crippen LogP contribution < -0.4 is 0 Å². The highest BCUT2D eigenvalue weighted by atomic mass is 32.3. The lowest BCUT2D eigenvalue weighted by molar-refractivity contribution is 1.36. The minimum Gasteiger partial charge on any atom is -0.164 e. The van der Waals surface area contributed by atoms with Crippen molar-refractivity contribution in [2.45, 2.75) is 16.7 Å². The molecule has 0 N–H and O–H groups in total. The first-order valence-electron chi connectivity index (χ1n) is 10.5. The van der Waals surface area contributed by atoms with Crippen LogP contribution in [-0.2, 0) is 0 Å². The minimum absolute atomic E-state index is 1.17. The van der Waals surface area contributed by atoms with E-state index in [4.69, 9.17) is 0 Å². The van der Waals surface area contributed by atoms with Gasteiger partial charge in [-0.25, -0.2) is 0 Å². The molecular formula is C30H28S. The maximum absolute atomic E-state index is 4.44. The lowest BCUT2D eigenvalue weighted by atomic mass is 10.0. The summed E-state index contributed by atoms with van der Waals surface area (Å²) in [6, 6.07) is 39.1.